The average molecular weight is 417 g/mol. The van der Waals surface area contributed by atoms with Gasteiger partial charge in [0.2, 0.25) is 0 Å². The quantitative estimate of drug-likeness (QED) is 0.412. The minimum atomic E-state index is -0.924. The first-order chi connectivity index (χ1) is 14.1. The molecule has 1 spiro atoms. The molecule has 5 heteroatoms. The summed E-state index contributed by atoms with van der Waals surface area (Å²) in [4.78, 5) is 25.4. The molecular weight excluding hydrogens is 380 g/mol. The number of epoxide rings is 1. The zero-order valence-electron chi connectivity index (χ0n) is 18.8. The molecule has 5 nitrogen and oxygen atoms in total. The Balaban J connectivity index is 1.59. The topological polar surface area (TPSA) is 76.1 Å². The van der Waals surface area contributed by atoms with Gasteiger partial charge in [-0.15, -0.1) is 0 Å². The fourth-order valence-electron chi connectivity index (χ4n) is 8.47. The molecule has 0 aromatic carbocycles. The number of hydrogen-bond donors (Lipinski definition) is 1. The number of carbonyl (C=O) groups is 2. The van der Waals surface area contributed by atoms with Crippen molar-refractivity contribution in [1.82, 2.24) is 0 Å². The number of fused-ring (bicyclic) bond motifs is 4. The predicted octanol–water partition coefficient (Wildman–Crippen LogP) is 4.60. The third-order valence-corrected chi connectivity index (χ3v) is 10.3. The van der Waals surface area contributed by atoms with E-state index in [9.17, 15) is 14.7 Å². The number of allylic oxidation sites excluding steroid dienone is 1. The molecule has 1 N–H and O–H groups in total. The van der Waals surface area contributed by atoms with Crippen LogP contribution in [0.2, 0.25) is 0 Å². The number of carboxylic acids is 1. The minimum Gasteiger partial charge on any atom is -0.481 e. The highest BCUT2D eigenvalue weighted by atomic mass is 16.6. The average Bonchev–Trinajstić information content (AvgIpc) is 3.46. The summed E-state index contributed by atoms with van der Waals surface area (Å²) < 4.78 is 12.3. The Kier molecular flexibility index (Phi) is 4.34. The largest absolute Gasteiger partial charge is 0.481 e. The zero-order chi connectivity index (χ0) is 21.6. The molecule has 0 aromatic rings. The number of hydrogen-bond acceptors (Lipinski definition) is 4. The molecule has 5 rings (SSSR count). The summed E-state index contributed by atoms with van der Waals surface area (Å²) in [6, 6.07) is 0. The van der Waals surface area contributed by atoms with Crippen molar-refractivity contribution in [2.24, 2.45) is 39.9 Å². The van der Waals surface area contributed by atoms with Gasteiger partial charge in [0.1, 0.15) is 18.3 Å². The van der Waals surface area contributed by atoms with Crippen LogP contribution in [-0.4, -0.2) is 35.4 Å². The maximum Gasteiger partial charge on any atom is 0.312 e. The SMILES string of the molecule is C=C1CC23CCC4C(C)(C(=O)O)C5OC5C(OC(=O)C(C)CC)C4(C)C2CCC1C3. The lowest BCUT2D eigenvalue weighted by Crippen LogP contribution is -2.66. The Bertz CT molecular complexity index is 805. The molecule has 0 amide bonds. The molecule has 30 heavy (non-hydrogen) atoms. The van der Waals surface area contributed by atoms with Crippen molar-refractivity contribution in [3.8, 4) is 0 Å². The summed E-state index contributed by atoms with van der Waals surface area (Å²) in [5.74, 6) is -0.184. The molecule has 4 aliphatic carbocycles. The Labute approximate surface area is 179 Å². The van der Waals surface area contributed by atoms with Crippen molar-refractivity contribution < 1.29 is 24.2 Å². The van der Waals surface area contributed by atoms with Crippen LogP contribution in [0.1, 0.15) is 72.6 Å². The second-order valence-electron chi connectivity index (χ2n) is 11.5. The maximum absolute atomic E-state index is 12.9. The van der Waals surface area contributed by atoms with Crippen LogP contribution < -0.4 is 0 Å². The highest BCUT2D eigenvalue weighted by molar-refractivity contribution is 5.77. The van der Waals surface area contributed by atoms with Gasteiger partial charge in [-0.1, -0.05) is 32.9 Å². The molecule has 4 saturated carbocycles. The van der Waals surface area contributed by atoms with Crippen molar-refractivity contribution in [3.05, 3.63) is 12.2 Å². The van der Waals surface area contributed by atoms with E-state index in [-0.39, 0.29) is 46.9 Å². The molecule has 2 bridgehead atoms. The van der Waals surface area contributed by atoms with E-state index >= 15 is 0 Å². The van der Waals surface area contributed by atoms with Crippen molar-refractivity contribution >= 4 is 11.9 Å². The molecule has 1 heterocycles. The van der Waals surface area contributed by atoms with Gasteiger partial charge in [-0.05, 0) is 75.0 Å². The third kappa shape index (κ3) is 2.39. The van der Waals surface area contributed by atoms with E-state index < -0.39 is 11.4 Å². The summed E-state index contributed by atoms with van der Waals surface area (Å²) in [6.07, 6.45) is 6.07. The molecule has 10 atom stereocenters. The van der Waals surface area contributed by atoms with Crippen LogP contribution in [0, 0.1) is 39.9 Å². The molecular formula is C25H36O5. The molecule has 0 radical (unpaired) electrons. The normalized spacial score (nSPS) is 51.9. The van der Waals surface area contributed by atoms with Crippen LogP contribution in [0.3, 0.4) is 0 Å². The van der Waals surface area contributed by atoms with Gasteiger partial charge in [0, 0.05) is 5.41 Å². The first kappa shape index (κ1) is 20.5. The van der Waals surface area contributed by atoms with Crippen molar-refractivity contribution in [2.75, 3.05) is 0 Å². The minimum absolute atomic E-state index is 0.0537. The van der Waals surface area contributed by atoms with Crippen LogP contribution in [0.4, 0.5) is 0 Å². The van der Waals surface area contributed by atoms with E-state index in [4.69, 9.17) is 9.47 Å². The highest BCUT2D eigenvalue weighted by Crippen LogP contribution is 2.74. The van der Waals surface area contributed by atoms with E-state index in [1.807, 2.05) is 20.8 Å². The molecule has 10 unspecified atom stereocenters. The van der Waals surface area contributed by atoms with Crippen LogP contribution in [-0.2, 0) is 19.1 Å². The lowest BCUT2D eigenvalue weighted by atomic mass is 9.40. The number of esters is 1. The van der Waals surface area contributed by atoms with E-state index in [2.05, 4.69) is 13.5 Å². The van der Waals surface area contributed by atoms with Gasteiger partial charge in [0.15, 0.2) is 0 Å². The molecule has 5 fully saturated rings. The van der Waals surface area contributed by atoms with Gasteiger partial charge in [-0.3, -0.25) is 9.59 Å². The summed E-state index contributed by atoms with van der Waals surface area (Å²) >= 11 is 0. The summed E-state index contributed by atoms with van der Waals surface area (Å²) in [6.45, 7) is 12.4. The van der Waals surface area contributed by atoms with E-state index in [1.165, 1.54) is 12.0 Å². The van der Waals surface area contributed by atoms with Crippen LogP contribution >= 0.6 is 0 Å². The van der Waals surface area contributed by atoms with E-state index in [1.54, 1.807) is 0 Å². The second-order valence-corrected chi connectivity index (χ2v) is 11.5. The first-order valence-electron chi connectivity index (χ1n) is 11.9. The summed E-state index contributed by atoms with van der Waals surface area (Å²) in [5.41, 5.74) is 0.257. The van der Waals surface area contributed by atoms with Gasteiger partial charge >= 0.3 is 11.9 Å². The zero-order valence-corrected chi connectivity index (χ0v) is 18.8. The lowest BCUT2D eigenvalue weighted by molar-refractivity contribution is -0.215. The monoisotopic (exact) mass is 416 g/mol. The van der Waals surface area contributed by atoms with Gasteiger partial charge in [-0.2, -0.15) is 0 Å². The maximum atomic E-state index is 12.9. The van der Waals surface area contributed by atoms with Crippen LogP contribution in [0.15, 0.2) is 12.2 Å². The number of carboxylic acid groups (broad SMARTS) is 1. The number of aliphatic carboxylic acids is 1. The third-order valence-electron chi connectivity index (χ3n) is 10.3. The van der Waals surface area contributed by atoms with Crippen molar-refractivity contribution in [3.63, 3.8) is 0 Å². The lowest BCUT2D eigenvalue weighted by Gasteiger charge is -2.63. The Morgan fingerprint density at radius 2 is 2.00 bits per heavy atom. The van der Waals surface area contributed by atoms with Gasteiger partial charge in [-0.25, -0.2) is 0 Å². The summed E-state index contributed by atoms with van der Waals surface area (Å²) in [5, 5.41) is 10.3. The summed E-state index contributed by atoms with van der Waals surface area (Å²) in [7, 11) is 0. The standard InChI is InChI=1S/C25H36O5/c1-6-13(2)21(26)30-19-18-20(29-18)24(5,22(27)28)16-9-10-25-11-14(3)15(12-25)7-8-17(25)23(16,19)4/h13,15-20H,3,6-12H2,1-2,4-5H3,(H,27,28). The van der Waals surface area contributed by atoms with Crippen molar-refractivity contribution in [2.45, 2.75) is 91.0 Å². The molecule has 166 valence electrons. The Morgan fingerprint density at radius 1 is 1.27 bits per heavy atom. The Hall–Kier alpha value is -1.36. The van der Waals surface area contributed by atoms with Gasteiger partial charge < -0.3 is 14.6 Å². The van der Waals surface area contributed by atoms with E-state index in [0.29, 0.717) is 11.8 Å². The highest BCUT2D eigenvalue weighted by Gasteiger charge is 2.78. The predicted molar refractivity (Wildman–Crippen MR) is 112 cm³/mol. The fraction of sp³-hybridized carbons (Fsp3) is 0.840. The van der Waals surface area contributed by atoms with Gasteiger partial charge in [0.05, 0.1) is 11.3 Å². The van der Waals surface area contributed by atoms with Crippen molar-refractivity contribution in [1.29, 1.82) is 0 Å². The van der Waals surface area contributed by atoms with Crippen LogP contribution in [0.25, 0.3) is 0 Å². The van der Waals surface area contributed by atoms with Crippen LogP contribution in [0.5, 0.6) is 0 Å². The number of carbonyl (C=O) groups excluding carboxylic acids is 1. The smallest absolute Gasteiger partial charge is 0.312 e. The molecule has 0 aromatic heterocycles. The molecule has 1 aliphatic heterocycles. The molecule has 5 aliphatic rings. The number of rotatable bonds is 4. The van der Waals surface area contributed by atoms with Gasteiger partial charge in [0.25, 0.3) is 0 Å². The molecule has 1 saturated heterocycles. The Morgan fingerprint density at radius 3 is 2.67 bits per heavy atom. The first-order valence-corrected chi connectivity index (χ1v) is 11.9. The second kappa shape index (κ2) is 6.34. The fourth-order valence-corrected chi connectivity index (χ4v) is 8.47. The van der Waals surface area contributed by atoms with E-state index in [0.717, 1.165) is 38.5 Å². The number of ether oxygens (including phenoxy) is 2.